The molecule has 120 valence electrons. The van der Waals surface area contributed by atoms with Gasteiger partial charge in [0.05, 0.1) is 17.7 Å². The van der Waals surface area contributed by atoms with Gasteiger partial charge in [-0.05, 0) is 46.9 Å². The van der Waals surface area contributed by atoms with Crippen LogP contribution in [0.25, 0.3) is 0 Å². The van der Waals surface area contributed by atoms with E-state index in [1.165, 1.54) is 5.06 Å². The van der Waals surface area contributed by atoms with E-state index in [-0.39, 0.29) is 12.1 Å². The molecule has 0 bridgehead atoms. The minimum Gasteiger partial charge on any atom is -0.460 e. The Morgan fingerprint density at radius 2 is 2.04 bits per heavy atom. The molecule has 3 heterocycles. The summed E-state index contributed by atoms with van der Waals surface area (Å²) in [4.78, 5) is 30.7. The molecule has 7 nitrogen and oxygen atoms in total. The van der Waals surface area contributed by atoms with Crippen LogP contribution in [-0.2, 0) is 23.9 Å². The summed E-state index contributed by atoms with van der Waals surface area (Å²) in [5.74, 6) is -1.41. The number of fused-ring (bicyclic) bond motifs is 2. The fourth-order valence-electron chi connectivity index (χ4n) is 4.19. The second kappa shape index (κ2) is 4.37. The molecule has 1 aliphatic carbocycles. The lowest BCUT2D eigenvalue weighted by Crippen LogP contribution is -2.59. The van der Waals surface area contributed by atoms with Gasteiger partial charge >= 0.3 is 5.97 Å². The maximum atomic E-state index is 12.4. The number of hydroxylamine groups is 1. The summed E-state index contributed by atoms with van der Waals surface area (Å²) < 4.78 is 12.2. The zero-order valence-corrected chi connectivity index (χ0v) is 14.0. The second-order valence-corrected chi connectivity index (χ2v) is 7.57. The zero-order chi connectivity index (χ0) is 15.9. The van der Waals surface area contributed by atoms with E-state index in [4.69, 9.17) is 20.0 Å². The lowest BCUT2D eigenvalue weighted by molar-refractivity contribution is -0.160. The normalized spacial score (nSPS) is 42.9. The molecule has 4 fully saturated rings. The van der Waals surface area contributed by atoms with Crippen LogP contribution in [0.4, 0.5) is 5.69 Å². The van der Waals surface area contributed by atoms with Crippen molar-refractivity contribution >= 4 is 40.2 Å². The highest BCUT2D eigenvalue weighted by Gasteiger charge is 2.79. The van der Waals surface area contributed by atoms with Gasteiger partial charge in [0.2, 0.25) is 5.60 Å². The van der Waals surface area contributed by atoms with Crippen molar-refractivity contribution in [3.8, 4) is 0 Å². The van der Waals surface area contributed by atoms with E-state index in [0.29, 0.717) is 12.1 Å². The predicted molar refractivity (Wildman–Crippen MR) is 85.1 cm³/mol. The summed E-state index contributed by atoms with van der Waals surface area (Å²) in [6, 6.07) is 6.84. The number of ether oxygens (including phenoxy) is 2. The van der Waals surface area contributed by atoms with Crippen LogP contribution in [0, 0.1) is 9.49 Å². The maximum Gasteiger partial charge on any atom is 0.332 e. The number of primary amides is 1. The number of epoxide rings is 1. The van der Waals surface area contributed by atoms with E-state index in [1.54, 1.807) is 0 Å². The number of nitrogens with two attached hydrogens (primary N) is 1. The van der Waals surface area contributed by atoms with Crippen LogP contribution < -0.4 is 10.8 Å². The molecule has 8 heteroatoms. The quantitative estimate of drug-likeness (QED) is 0.415. The van der Waals surface area contributed by atoms with Gasteiger partial charge in [0.1, 0.15) is 12.2 Å². The third kappa shape index (κ3) is 1.66. The summed E-state index contributed by atoms with van der Waals surface area (Å²) in [6.07, 6.45) is -0.326. The van der Waals surface area contributed by atoms with Crippen LogP contribution in [0.5, 0.6) is 0 Å². The van der Waals surface area contributed by atoms with E-state index < -0.39 is 35.7 Å². The van der Waals surface area contributed by atoms with E-state index in [0.717, 1.165) is 3.57 Å². The molecule has 1 saturated carbocycles. The van der Waals surface area contributed by atoms with Gasteiger partial charge in [-0.3, -0.25) is 9.63 Å². The Balaban J connectivity index is 1.64. The highest BCUT2D eigenvalue weighted by Crippen LogP contribution is 2.58. The molecular weight excluding hydrogens is 415 g/mol. The molecule has 5 rings (SSSR count). The molecule has 23 heavy (non-hydrogen) atoms. The Hall–Kier alpha value is -1.39. The summed E-state index contributed by atoms with van der Waals surface area (Å²) in [5.41, 5.74) is 5.05. The van der Waals surface area contributed by atoms with Crippen LogP contribution in [-0.4, -0.2) is 41.8 Å². The van der Waals surface area contributed by atoms with Crippen molar-refractivity contribution < 1.29 is 23.9 Å². The number of esters is 1. The number of nitrogens with zero attached hydrogens (tertiary/aromatic N) is 1. The molecule has 0 aromatic heterocycles. The van der Waals surface area contributed by atoms with Gasteiger partial charge in [-0.2, -0.15) is 0 Å². The first-order valence-electron chi connectivity index (χ1n) is 7.42. The van der Waals surface area contributed by atoms with Gasteiger partial charge in [-0.25, -0.2) is 9.86 Å². The zero-order valence-electron chi connectivity index (χ0n) is 11.8. The van der Waals surface area contributed by atoms with Crippen molar-refractivity contribution in [1.82, 2.24) is 0 Å². The molecule has 3 aliphatic heterocycles. The first-order valence-corrected chi connectivity index (χ1v) is 8.50. The van der Waals surface area contributed by atoms with Gasteiger partial charge < -0.3 is 15.2 Å². The number of amides is 1. The first kappa shape index (κ1) is 14.0. The van der Waals surface area contributed by atoms with Crippen molar-refractivity contribution in [2.24, 2.45) is 11.7 Å². The number of carbonyl (C=O) groups excluding carboxylic acids is 2. The fraction of sp³-hybridized carbons (Fsp3) is 0.467. The Morgan fingerprint density at radius 1 is 1.30 bits per heavy atom. The number of anilines is 1. The number of rotatable bonds is 2. The van der Waals surface area contributed by atoms with Crippen molar-refractivity contribution in [3.05, 3.63) is 27.8 Å². The molecule has 2 N–H and O–H groups in total. The summed E-state index contributed by atoms with van der Waals surface area (Å²) in [5, 5.41) is 1.48. The molecule has 1 aromatic carbocycles. The van der Waals surface area contributed by atoms with Gasteiger partial charge in [-0.1, -0.05) is 0 Å². The molecule has 1 aromatic rings. The average Bonchev–Trinajstić information content (AvgIpc) is 3.08. The van der Waals surface area contributed by atoms with E-state index in [9.17, 15) is 9.59 Å². The Labute approximate surface area is 145 Å². The van der Waals surface area contributed by atoms with Crippen LogP contribution >= 0.6 is 22.6 Å². The number of hydrogen-bond acceptors (Lipinski definition) is 6. The molecule has 0 unspecified atom stereocenters. The average molecular weight is 428 g/mol. The maximum absolute atomic E-state index is 12.4. The predicted octanol–water partition coefficient (Wildman–Crippen LogP) is 0.348. The molecule has 0 radical (unpaired) electrons. The Kier molecular flexibility index (Phi) is 2.66. The summed E-state index contributed by atoms with van der Waals surface area (Å²) in [7, 11) is 0. The third-order valence-corrected chi connectivity index (χ3v) is 5.90. The number of hydrogen-bond donors (Lipinski definition) is 1. The topological polar surface area (TPSA) is 94.4 Å². The molecule has 4 aliphatic rings. The molecule has 3 saturated heterocycles. The highest BCUT2D eigenvalue weighted by molar-refractivity contribution is 14.1. The summed E-state index contributed by atoms with van der Waals surface area (Å²) >= 11 is 2.20. The molecule has 0 spiro atoms. The highest BCUT2D eigenvalue weighted by atomic mass is 127. The molecule has 1 amide bonds. The smallest absolute Gasteiger partial charge is 0.332 e. The van der Waals surface area contributed by atoms with Crippen molar-refractivity contribution in [2.75, 3.05) is 5.06 Å². The van der Waals surface area contributed by atoms with Crippen molar-refractivity contribution in [2.45, 2.75) is 36.4 Å². The first-order chi connectivity index (χ1) is 11.0. The Bertz CT molecular complexity index is 725. The van der Waals surface area contributed by atoms with E-state index >= 15 is 0 Å². The van der Waals surface area contributed by atoms with Crippen LogP contribution in [0.2, 0.25) is 0 Å². The number of benzene rings is 1. The second-order valence-electron chi connectivity index (χ2n) is 6.33. The summed E-state index contributed by atoms with van der Waals surface area (Å²) in [6.45, 7) is 0. The van der Waals surface area contributed by atoms with Crippen molar-refractivity contribution in [1.29, 1.82) is 0 Å². The largest absolute Gasteiger partial charge is 0.460 e. The number of carbonyl (C=O) groups is 2. The lowest BCUT2D eigenvalue weighted by atomic mass is 9.71. The minimum absolute atomic E-state index is 0.132. The van der Waals surface area contributed by atoms with Crippen LogP contribution in [0.15, 0.2) is 24.3 Å². The monoisotopic (exact) mass is 428 g/mol. The van der Waals surface area contributed by atoms with Gasteiger partial charge in [0.25, 0.3) is 5.91 Å². The van der Waals surface area contributed by atoms with E-state index in [1.807, 2.05) is 24.3 Å². The molecule has 6 atom stereocenters. The standard InChI is InChI=1S/C15H13IN2O5/c16-6-1-3-7(4-2-6)18-11-10-8(22-13(11)19)5-9-12(21-9)15(10,23-18)14(17)20/h1-4,8-12H,5H2,(H2,17,20)/t8-,9-,10+,11+,12-,15-/m1/s1. The minimum atomic E-state index is -1.33. The van der Waals surface area contributed by atoms with Gasteiger partial charge in [-0.15, -0.1) is 0 Å². The van der Waals surface area contributed by atoms with E-state index in [2.05, 4.69) is 22.6 Å². The van der Waals surface area contributed by atoms with Gasteiger partial charge in [0.15, 0.2) is 6.04 Å². The molecular formula is C15H13IN2O5. The van der Waals surface area contributed by atoms with Crippen molar-refractivity contribution in [3.63, 3.8) is 0 Å². The SMILES string of the molecule is NC(=O)[C@]12ON(c3ccc(I)cc3)[C@@H]3C(=O)O[C@H](C[C@H]4O[C@H]41)[C@@H]32. The van der Waals surface area contributed by atoms with Crippen LogP contribution in [0.3, 0.4) is 0 Å². The fourth-order valence-corrected chi connectivity index (χ4v) is 4.55. The Morgan fingerprint density at radius 3 is 2.74 bits per heavy atom. The van der Waals surface area contributed by atoms with Crippen LogP contribution in [0.1, 0.15) is 6.42 Å². The van der Waals surface area contributed by atoms with Gasteiger partial charge in [0, 0.05) is 9.99 Å². The number of halogens is 1. The lowest BCUT2D eigenvalue weighted by Gasteiger charge is -2.33. The third-order valence-electron chi connectivity index (χ3n) is 5.18.